The molecule has 3 aromatic heterocycles. The molecule has 0 radical (unpaired) electrons. The van der Waals surface area contributed by atoms with Crippen LogP contribution >= 0.6 is 77.4 Å². The zero-order valence-electron chi connectivity index (χ0n) is 18.6. The monoisotopic (exact) mass is 647 g/mol. The molecule has 0 aliphatic carbocycles. The maximum absolute atomic E-state index is 14.5. The number of phosphoric acid groups is 1. The van der Waals surface area contributed by atoms with Crippen molar-refractivity contribution >= 4 is 110 Å². The average Bonchev–Trinajstić information content (AvgIpc) is 3.42. The minimum Gasteiger partial charge on any atom is -0.289 e. The van der Waals surface area contributed by atoms with Gasteiger partial charge in [0.1, 0.15) is 0 Å². The molecule has 6 aromatic rings. The van der Waals surface area contributed by atoms with Crippen molar-refractivity contribution in [2.24, 2.45) is 0 Å². The van der Waals surface area contributed by atoms with Crippen LogP contribution in [0, 0.1) is 0 Å². The first-order valence-corrected chi connectivity index (χ1v) is 14.5. The normalized spacial score (nSPS) is 12.1. The van der Waals surface area contributed by atoms with Gasteiger partial charge in [0.2, 0.25) is 0 Å². The smallest absolute Gasteiger partial charge is 0.289 e. The number of halogens is 6. The largest absolute Gasteiger partial charge is 0.705 e. The van der Waals surface area contributed by atoms with Crippen LogP contribution in [0.5, 0.6) is 0 Å². The van der Waals surface area contributed by atoms with E-state index in [0.717, 1.165) is 14.2 Å². The first-order chi connectivity index (χ1) is 18.2. The Morgan fingerprint density at radius 1 is 0.474 bits per heavy atom. The molecular formula is C24H12Cl6N3O4P. The molecule has 0 saturated carbocycles. The number of aromatic nitrogens is 3. The third-order valence-corrected chi connectivity index (χ3v) is 9.26. The van der Waals surface area contributed by atoms with Crippen LogP contribution in [0.15, 0.2) is 72.8 Å². The lowest BCUT2D eigenvalue weighted by molar-refractivity contribution is 0.0995. The zero-order valence-corrected chi connectivity index (χ0v) is 24.0. The minimum absolute atomic E-state index is 0.0664. The fraction of sp³-hybridized carbons (Fsp3) is 0. The van der Waals surface area contributed by atoms with Gasteiger partial charge in [0.25, 0.3) is 0 Å². The van der Waals surface area contributed by atoms with E-state index in [9.17, 15) is 4.57 Å². The molecule has 14 heteroatoms. The van der Waals surface area contributed by atoms with Crippen molar-refractivity contribution in [3.63, 3.8) is 0 Å². The molecule has 0 unspecified atom stereocenters. The molecule has 6 rings (SSSR count). The SMILES string of the molecule is O=P(On1c(Cl)c(Cl)c2ccccc21)(On1c(Cl)c(Cl)c2ccccc21)On1c(Cl)c(Cl)c2ccccc21. The van der Waals surface area contributed by atoms with Gasteiger partial charge in [0.15, 0.2) is 15.5 Å². The summed E-state index contributed by atoms with van der Waals surface area (Å²) in [6.45, 7) is 0. The Balaban J connectivity index is 1.54. The van der Waals surface area contributed by atoms with Gasteiger partial charge in [-0.05, 0) is 18.2 Å². The summed E-state index contributed by atoms with van der Waals surface area (Å²) in [5, 5.41) is 1.97. The average molecular weight is 650 g/mol. The maximum Gasteiger partial charge on any atom is 0.705 e. The van der Waals surface area contributed by atoms with Crippen molar-refractivity contribution in [2.75, 3.05) is 0 Å². The van der Waals surface area contributed by atoms with Crippen LogP contribution in [-0.2, 0) is 4.57 Å². The number of nitrogens with zero attached hydrogens (tertiary/aromatic N) is 3. The van der Waals surface area contributed by atoms with E-state index >= 15 is 0 Å². The molecule has 0 fully saturated rings. The summed E-state index contributed by atoms with van der Waals surface area (Å²) in [6, 6.07) is 20.7. The number of benzene rings is 3. The van der Waals surface area contributed by atoms with E-state index in [4.69, 9.17) is 83.5 Å². The van der Waals surface area contributed by atoms with Gasteiger partial charge in [0, 0.05) is 16.2 Å². The van der Waals surface area contributed by atoms with Crippen LogP contribution in [0.25, 0.3) is 32.7 Å². The molecule has 0 spiro atoms. The number of hydrogen-bond donors (Lipinski definition) is 0. The Labute approximate surface area is 244 Å². The number of rotatable bonds is 6. The van der Waals surface area contributed by atoms with E-state index in [2.05, 4.69) is 0 Å². The Morgan fingerprint density at radius 2 is 0.737 bits per heavy atom. The highest BCUT2D eigenvalue weighted by molar-refractivity contribution is 7.49. The Hall–Kier alpha value is -2.35. The Bertz CT molecular complexity index is 1710. The van der Waals surface area contributed by atoms with Gasteiger partial charge in [-0.15, -0.1) is 0 Å². The highest BCUT2D eigenvalue weighted by atomic mass is 35.5. The molecule has 0 atom stereocenters. The van der Waals surface area contributed by atoms with Crippen molar-refractivity contribution in [1.29, 1.82) is 0 Å². The molecule has 7 nitrogen and oxygen atoms in total. The molecule has 0 amide bonds. The van der Waals surface area contributed by atoms with Crippen molar-refractivity contribution < 1.29 is 18.4 Å². The summed E-state index contributed by atoms with van der Waals surface area (Å²) in [4.78, 5) is 0. The Morgan fingerprint density at radius 3 is 1.03 bits per heavy atom. The Kier molecular flexibility index (Phi) is 6.60. The van der Waals surface area contributed by atoms with Gasteiger partial charge in [0.05, 0.1) is 31.6 Å². The van der Waals surface area contributed by atoms with E-state index in [-0.39, 0.29) is 30.5 Å². The molecule has 0 bridgehead atoms. The molecule has 0 saturated heterocycles. The van der Waals surface area contributed by atoms with Crippen LogP contribution in [-0.4, -0.2) is 14.2 Å². The van der Waals surface area contributed by atoms with Crippen molar-refractivity contribution in [1.82, 2.24) is 14.2 Å². The second kappa shape index (κ2) is 9.68. The molecule has 0 N–H and O–H groups in total. The van der Waals surface area contributed by atoms with Gasteiger partial charge in [-0.25, -0.2) is 0 Å². The molecule has 194 valence electrons. The van der Waals surface area contributed by atoms with Gasteiger partial charge in [-0.3, -0.25) is 13.9 Å². The predicted octanol–water partition coefficient (Wildman–Crippen LogP) is 9.27. The molecule has 38 heavy (non-hydrogen) atoms. The highest BCUT2D eigenvalue weighted by Gasteiger charge is 2.40. The lowest BCUT2D eigenvalue weighted by Gasteiger charge is -2.21. The van der Waals surface area contributed by atoms with E-state index in [1.807, 2.05) is 0 Å². The number of fused-ring (bicyclic) bond motifs is 3. The van der Waals surface area contributed by atoms with Crippen LogP contribution in [0.2, 0.25) is 30.5 Å². The summed E-state index contributed by atoms with van der Waals surface area (Å²) in [5.41, 5.74) is 1.20. The zero-order chi connectivity index (χ0) is 26.8. The topological polar surface area (TPSA) is 59.6 Å². The second-order valence-corrected chi connectivity index (χ2v) is 11.5. The van der Waals surface area contributed by atoms with Gasteiger partial charge >= 0.3 is 7.82 Å². The lowest BCUT2D eigenvalue weighted by Crippen LogP contribution is -2.25. The van der Waals surface area contributed by atoms with Crippen LogP contribution < -0.4 is 13.9 Å². The molecule has 3 aromatic carbocycles. The summed E-state index contributed by atoms with van der Waals surface area (Å²) >= 11 is 38.7. The van der Waals surface area contributed by atoms with Crippen LogP contribution in [0.3, 0.4) is 0 Å². The molecule has 3 heterocycles. The van der Waals surface area contributed by atoms with Crippen molar-refractivity contribution in [3.8, 4) is 0 Å². The molecule has 0 aliphatic rings. The minimum atomic E-state index is -4.78. The molecule has 0 aliphatic heterocycles. The van der Waals surface area contributed by atoms with E-state index < -0.39 is 7.82 Å². The van der Waals surface area contributed by atoms with E-state index in [1.165, 1.54) is 0 Å². The van der Waals surface area contributed by atoms with Crippen LogP contribution in [0.4, 0.5) is 0 Å². The van der Waals surface area contributed by atoms with Gasteiger partial charge in [-0.2, -0.15) is 18.8 Å². The first-order valence-electron chi connectivity index (χ1n) is 10.7. The summed E-state index contributed by atoms with van der Waals surface area (Å²) < 4.78 is 35.2. The predicted molar refractivity (Wildman–Crippen MR) is 153 cm³/mol. The number of para-hydroxylation sites is 3. The maximum atomic E-state index is 14.5. The van der Waals surface area contributed by atoms with Gasteiger partial charge in [-0.1, -0.05) is 124 Å². The van der Waals surface area contributed by atoms with Crippen molar-refractivity contribution in [3.05, 3.63) is 103 Å². The third kappa shape index (κ3) is 4.09. The van der Waals surface area contributed by atoms with E-state index in [0.29, 0.717) is 32.7 Å². The number of hydrogen-bond acceptors (Lipinski definition) is 4. The molecular weight excluding hydrogens is 638 g/mol. The summed E-state index contributed by atoms with van der Waals surface area (Å²) in [6.07, 6.45) is 0. The van der Waals surface area contributed by atoms with E-state index in [1.54, 1.807) is 72.8 Å². The summed E-state index contributed by atoms with van der Waals surface area (Å²) in [7, 11) is -4.78. The summed E-state index contributed by atoms with van der Waals surface area (Å²) in [5.74, 6) is 0. The fourth-order valence-electron chi connectivity index (χ4n) is 4.01. The second-order valence-electron chi connectivity index (χ2n) is 7.94. The van der Waals surface area contributed by atoms with Crippen LogP contribution in [0.1, 0.15) is 0 Å². The lowest BCUT2D eigenvalue weighted by atomic mass is 10.2. The quantitative estimate of drug-likeness (QED) is 0.169. The standard InChI is InChI=1S/C24H12Cl6N3O4P/c25-19-13-7-1-4-10-16(13)31(22(19)28)35-38(34,36-32-17-11-5-2-8-14(17)20(26)23(32)29)37-33-18-12-6-3-9-15(18)21(27)24(33)30/h1-12H. The van der Waals surface area contributed by atoms with Gasteiger partial charge < -0.3 is 0 Å². The van der Waals surface area contributed by atoms with Crippen molar-refractivity contribution in [2.45, 2.75) is 0 Å². The highest BCUT2D eigenvalue weighted by Crippen LogP contribution is 2.47. The fourth-order valence-corrected chi connectivity index (χ4v) is 6.75. The first kappa shape index (κ1) is 25.9. The third-order valence-electron chi connectivity index (χ3n) is 5.70.